The first-order valence-electron chi connectivity index (χ1n) is 23.3. The number of hydrogen-bond acceptors (Lipinski definition) is 2. The van der Waals surface area contributed by atoms with Crippen molar-refractivity contribution in [3.05, 3.63) is 253 Å². The Labute approximate surface area is 379 Å². The number of allylic oxidation sites excluding steroid dienone is 13. The summed E-state index contributed by atoms with van der Waals surface area (Å²) in [7, 11) is 0. The van der Waals surface area contributed by atoms with Crippen LogP contribution in [0.15, 0.2) is 248 Å². The summed E-state index contributed by atoms with van der Waals surface area (Å²) < 4.78 is 0. The zero-order valence-electron chi connectivity index (χ0n) is 36.4. The third-order valence-corrected chi connectivity index (χ3v) is 13.9. The topological polar surface area (TPSA) is 6.48 Å². The fourth-order valence-electron chi connectivity index (χ4n) is 10.6. The highest BCUT2D eigenvalue weighted by atomic mass is 15.2. The molecule has 0 radical (unpaired) electrons. The fraction of sp³-hybridized carbons (Fsp3) is 0.161. The molecule has 0 aliphatic heterocycles. The standard InChI is InChI=1S/C62H54N2/c1-3-20-53(21-4-1)63(55-40-36-46(37-41-55)52-35-30-45-16-7-8-18-51(45)44-52)61-28-13-11-25-59(61)49-31-33-50(34-32-49)60-26-12-14-29-62(60)64(54-22-5-2-6-23-54)56-42-38-48(39-43-56)58-27-15-19-47-17-9-10-24-57(47)58/h1,3-5,7-9,11-23,25-40,42,44,55-58H,2,6,10,24,41,43H2. The van der Waals surface area contributed by atoms with Crippen LogP contribution in [0.1, 0.15) is 44.1 Å². The molecule has 4 unspecified atom stereocenters. The molecule has 11 rings (SSSR count). The van der Waals surface area contributed by atoms with Crippen molar-refractivity contribution in [1.29, 1.82) is 0 Å². The first-order chi connectivity index (χ1) is 31.7. The molecular weight excluding hydrogens is 773 g/mol. The first kappa shape index (κ1) is 39.7. The average Bonchev–Trinajstić information content (AvgIpc) is 3.38. The second kappa shape index (κ2) is 17.9. The van der Waals surface area contributed by atoms with E-state index in [-0.39, 0.29) is 12.1 Å². The Balaban J connectivity index is 0.888. The van der Waals surface area contributed by atoms with Crippen molar-refractivity contribution in [1.82, 2.24) is 0 Å². The lowest BCUT2D eigenvalue weighted by Gasteiger charge is -2.37. The average molecular weight is 827 g/mol. The van der Waals surface area contributed by atoms with Gasteiger partial charge in [0.25, 0.3) is 0 Å². The second-order valence-electron chi connectivity index (χ2n) is 17.7. The normalized spacial score (nSPS) is 21.1. The number of nitrogens with zero attached hydrogens (tertiary/aromatic N) is 2. The molecule has 0 aromatic heterocycles. The Morgan fingerprint density at radius 2 is 1.11 bits per heavy atom. The van der Waals surface area contributed by atoms with E-state index in [1.807, 2.05) is 0 Å². The molecule has 6 aromatic carbocycles. The van der Waals surface area contributed by atoms with Crippen molar-refractivity contribution in [3.63, 3.8) is 0 Å². The molecular formula is C62H54N2. The van der Waals surface area contributed by atoms with Gasteiger partial charge in [0, 0.05) is 39.8 Å². The summed E-state index contributed by atoms with van der Waals surface area (Å²) >= 11 is 0. The molecule has 6 aromatic rings. The summed E-state index contributed by atoms with van der Waals surface area (Å²) in [5.74, 6) is 1.03. The summed E-state index contributed by atoms with van der Waals surface area (Å²) in [5, 5.41) is 2.55. The van der Waals surface area contributed by atoms with Crippen molar-refractivity contribution in [3.8, 4) is 22.3 Å². The maximum absolute atomic E-state index is 2.60. The van der Waals surface area contributed by atoms with Crippen LogP contribution in [0, 0.1) is 11.8 Å². The van der Waals surface area contributed by atoms with Gasteiger partial charge in [0.2, 0.25) is 0 Å². The molecule has 2 heteroatoms. The van der Waals surface area contributed by atoms with Crippen LogP contribution in [0.5, 0.6) is 0 Å². The SMILES string of the molecule is C1=CC(C2=CCC(N(C3=CCCC=C3)c3ccccc3-c3ccc(-c4ccccc4N(c4ccccc4)C4C=CC(c5ccc6ccccc6c5)=CC4)cc3)C=C2)C2CCC=CC2=C1. The predicted molar refractivity (Wildman–Crippen MR) is 273 cm³/mol. The third-order valence-electron chi connectivity index (χ3n) is 13.9. The summed E-state index contributed by atoms with van der Waals surface area (Å²) in [6, 6.07) is 53.9. The summed E-state index contributed by atoms with van der Waals surface area (Å²) in [4.78, 5) is 5.12. The Hall–Kier alpha value is -7.16. The van der Waals surface area contributed by atoms with Gasteiger partial charge in [-0.2, -0.15) is 0 Å². The molecule has 64 heavy (non-hydrogen) atoms. The maximum Gasteiger partial charge on any atom is 0.0560 e. The van der Waals surface area contributed by atoms with Crippen molar-refractivity contribution >= 4 is 33.4 Å². The molecule has 5 aliphatic carbocycles. The molecule has 0 heterocycles. The van der Waals surface area contributed by atoms with Crippen LogP contribution in [0.3, 0.4) is 0 Å². The highest BCUT2D eigenvalue weighted by Gasteiger charge is 2.30. The summed E-state index contributed by atoms with van der Waals surface area (Å²) in [5.41, 5.74) is 15.3. The van der Waals surface area contributed by atoms with Crippen LogP contribution in [0.2, 0.25) is 0 Å². The Bertz CT molecular complexity index is 2970. The number of para-hydroxylation sites is 3. The van der Waals surface area contributed by atoms with Crippen LogP contribution >= 0.6 is 0 Å². The van der Waals surface area contributed by atoms with Crippen LogP contribution in [0.4, 0.5) is 17.1 Å². The van der Waals surface area contributed by atoms with Gasteiger partial charge in [-0.25, -0.2) is 0 Å². The van der Waals surface area contributed by atoms with Crippen LogP contribution < -0.4 is 9.80 Å². The van der Waals surface area contributed by atoms with Gasteiger partial charge in [0.15, 0.2) is 0 Å². The van der Waals surface area contributed by atoms with Crippen LogP contribution in [0.25, 0.3) is 38.6 Å². The van der Waals surface area contributed by atoms with Crippen molar-refractivity contribution < 1.29 is 0 Å². The van der Waals surface area contributed by atoms with Gasteiger partial charge in [-0.1, -0.05) is 194 Å². The van der Waals surface area contributed by atoms with Gasteiger partial charge in [-0.3, -0.25) is 0 Å². The monoisotopic (exact) mass is 826 g/mol. The fourth-order valence-corrected chi connectivity index (χ4v) is 10.6. The van der Waals surface area contributed by atoms with Crippen molar-refractivity contribution in [2.45, 2.75) is 50.6 Å². The number of anilines is 3. The zero-order chi connectivity index (χ0) is 42.7. The zero-order valence-corrected chi connectivity index (χ0v) is 36.4. The van der Waals surface area contributed by atoms with Crippen LogP contribution in [-0.4, -0.2) is 12.1 Å². The molecule has 0 N–H and O–H groups in total. The minimum absolute atomic E-state index is 0.158. The largest absolute Gasteiger partial charge is 0.334 e. The Morgan fingerprint density at radius 1 is 0.453 bits per heavy atom. The van der Waals surface area contributed by atoms with E-state index >= 15 is 0 Å². The van der Waals surface area contributed by atoms with E-state index in [1.54, 1.807) is 0 Å². The molecule has 0 spiro atoms. The number of hydrogen-bond donors (Lipinski definition) is 0. The molecule has 2 nitrogen and oxygen atoms in total. The molecule has 0 fully saturated rings. The van der Waals surface area contributed by atoms with Crippen LogP contribution in [-0.2, 0) is 0 Å². The Kier molecular flexibility index (Phi) is 11.1. The van der Waals surface area contributed by atoms with E-state index in [0.717, 1.165) is 25.7 Å². The molecule has 0 bridgehead atoms. The van der Waals surface area contributed by atoms with Gasteiger partial charge in [0.1, 0.15) is 0 Å². The van der Waals surface area contributed by atoms with E-state index < -0.39 is 0 Å². The third kappa shape index (κ3) is 7.90. The molecule has 0 saturated heterocycles. The van der Waals surface area contributed by atoms with Gasteiger partial charge in [0.05, 0.1) is 12.1 Å². The van der Waals surface area contributed by atoms with Gasteiger partial charge >= 0.3 is 0 Å². The summed E-state index contributed by atoms with van der Waals surface area (Å²) in [6.45, 7) is 0. The smallest absolute Gasteiger partial charge is 0.0560 e. The minimum atomic E-state index is 0.158. The molecule has 312 valence electrons. The summed E-state index contributed by atoms with van der Waals surface area (Å²) in [6.07, 6.45) is 39.8. The highest BCUT2D eigenvalue weighted by molar-refractivity contribution is 5.90. The number of fused-ring (bicyclic) bond motifs is 2. The quantitative estimate of drug-likeness (QED) is 0.136. The van der Waals surface area contributed by atoms with E-state index in [1.165, 1.54) is 90.9 Å². The first-order valence-corrected chi connectivity index (χ1v) is 23.3. The lowest BCUT2D eigenvalue weighted by Crippen LogP contribution is -2.34. The highest BCUT2D eigenvalue weighted by Crippen LogP contribution is 2.44. The lowest BCUT2D eigenvalue weighted by atomic mass is 9.72. The van der Waals surface area contributed by atoms with E-state index in [0.29, 0.717) is 11.8 Å². The van der Waals surface area contributed by atoms with Crippen molar-refractivity contribution in [2.75, 3.05) is 9.80 Å². The number of benzene rings is 6. The van der Waals surface area contributed by atoms with Gasteiger partial charge in [-0.05, 0) is 125 Å². The predicted octanol–water partition coefficient (Wildman–Crippen LogP) is 16.1. The molecule has 4 atom stereocenters. The Morgan fingerprint density at radius 3 is 1.83 bits per heavy atom. The van der Waals surface area contributed by atoms with E-state index in [9.17, 15) is 0 Å². The van der Waals surface area contributed by atoms with Gasteiger partial charge < -0.3 is 9.80 Å². The minimum Gasteiger partial charge on any atom is -0.334 e. The number of rotatable bonds is 10. The molecule has 0 saturated carbocycles. The second-order valence-corrected chi connectivity index (χ2v) is 17.7. The van der Waals surface area contributed by atoms with Crippen molar-refractivity contribution in [2.24, 2.45) is 11.8 Å². The van der Waals surface area contributed by atoms with E-state index in [2.05, 4.69) is 240 Å². The molecule has 5 aliphatic rings. The lowest BCUT2D eigenvalue weighted by molar-refractivity contribution is 0.470. The van der Waals surface area contributed by atoms with Gasteiger partial charge in [-0.15, -0.1) is 0 Å². The van der Waals surface area contributed by atoms with E-state index in [4.69, 9.17) is 0 Å². The molecule has 0 amide bonds. The maximum atomic E-state index is 2.60.